The maximum Gasteiger partial charge on any atom is 0.356 e. The van der Waals surface area contributed by atoms with Crippen LogP contribution in [0.5, 0.6) is 5.75 Å². The summed E-state index contributed by atoms with van der Waals surface area (Å²) in [7, 11) is 3.17. The van der Waals surface area contributed by atoms with Crippen molar-refractivity contribution in [2.75, 3.05) is 7.11 Å². The first kappa shape index (κ1) is 13.6. The van der Waals surface area contributed by atoms with Crippen LogP contribution in [-0.2, 0) is 7.05 Å². The number of nitriles is 1. The molecule has 0 saturated heterocycles. The van der Waals surface area contributed by atoms with Crippen molar-refractivity contribution in [1.82, 2.24) is 9.78 Å². The van der Waals surface area contributed by atoms with Gasteiger partial charge in [-0.1, -0.05) is 0 Å². The smallest absolute Gasteiger partial charge is 0.356 e. The fourth-order valence-electron chi connectivity index (χ4n) is 2.12. The SMILES string of the molecule is COc1c(C)cc(-c2cc(C(=O)O)nn2C)cc1C#N. The van der Waals surface area contributed by atoms with Crippen molar-refractivity contribution in [3.8, 4) is 23.1 Å². The Morgan fingerprint density at radius 3 is 2.65 bits per heavy atom. The number of aromatic nitrogens is 2. The Hall–Kier alpha value is -2.81. The van der Waals surface area contributed by atoms with E-state index in [1.807, 2.05) is 13.0 Å². The summed E-state index contributed by atoms with van der Waals surface area (Å²) in [6.45, 7) is 1.83. The van der Waals surface area contributed by atoms with Crippen molar-refractivity contribution in [2.45, 2.75) is 6.92 Å². The van der Waals surface area contributed by atoms with Gasteiger partial charge in [-0.05, 0) is 30.7 Å². The van der Waals surface area contributed by atoms with E-state index in [4.69, 9.17) is 15.1 Å². The van der Waals surface area contributed by atoms with Gasteiger partial charge in [0.2, 0.25) is 0 Å². The second-order valence-electron chi connectivity index (χ2n) is 4.33. The van der Waals surface area contributed by atoms with E-state index >= 15 is 0 Å². The molecule has 6 heteroatoms. The largest absolute Gasteiger partial charge is 0.495 e. The molecule has 6 nitrogen and oxygen atoms in total. The van der Waals surface area contributed by atoms with E-state index < -0.39 is 5.97 Å². The highest BCUT2D eigenvalue weighted by Crippen LogP contribution is 2.30. The molecule has 0 fully saturated rings. The summed E-state index contributed by atoms with van der Waals surface area (Å²) in [6.07, 6.45) is 0. The normalized spacial score (nSPS) is 10.1. The predicted molar refractivity (Wildman–Crippen MR) is 71.6 cm³/mol. The second kappa shape index (κ2) is 5.05. The van der Waals surface area contributed by atoms with E-state index in [0.29, 0.717) is 17.0 Å². The summed E-state index contributed by atoms with van der Waals surface area (Å²) in [4.78, 5) is 10.9. The lowest BCUT2D eigenvalue weighted by molar-refractivity contribution is 0.0689. The first-order valence-electron chi connectivity index (χ1n) is 5.84. The number of aryl methyl sites for hydroxylation is 2. The third kappa shape index (κ3) is 2.21. The molecule has 0 bridgehead atoms. The van der Waals surface area contributed by atoms with Crippen LogP contribution in [-0.4, -0.2) is 28.0 Å². The lowest BCUT2D eigenvalue weighted by Crippen LogP contribution is -1.99. The average molecular weight is 271 g/mol. The van der Waals surface area contributed by atoms with Crippen molar-refractivity contribution >= 4 is 5.97 Å². The summed E-state index contributed by atoms with van der Waals surface area (Å²) < 4.78 is 6.67. The molecule has 0 amide bonds. The summed E-state index contributed by atoms with van der Waals surface area (Å²) in [6, 6.07) is 7.05. The van der Waals surface area contributed by atoms with Gasteiger partial charge in [-0.25, -0.2) is 4.79 Å². The van der Waals surface area contributed by atoms with Crippen LogP contribution in [0.25, 0.3) is 11.3 Å². The van der Waals surface area contributed by atoms with Crippen LogP contribution in [0.2, 0.25) is 0 Å². The Kier molecular flexibility index (Phi) is 3.44. The van der Waals surface area contributed by atoms with Crippen LogP contribution >= 0.6 is 0 Å². The van der Waals surface area contributed by atoms with E-state index in [2.05, 4.69) is 11.2 Å². The number of hydrogen-bond donors (Lipinski definition) is 1. The van der Waals surface area contributed by atoms with E-state index in [9.17, 15) is 4.79 Å². The van der Waals surface area contributed by atoms with Gasteiger partial charge in [-0.2, -0.15) is 10.4 Å². The first-order valence-corrected chi connectivity index (χ1v) is 5.84. The standard InChI is InChI=1S/C14H13N3O3/c1-8-4-9(5-10(7-15)13(8)20-3)12-6-11(14(18)19)16-17(12)2/h4-6H,1-3H3,(H,18,19). The molecule has 0 radical (unpaired) electrons. The highest BCUT2D eigenvalue weighted by atomic mass is 16.5. The van der Waals surface area contributed by atoms with Crippen molar-refractivity contribution in [1.29, 1.82) is 5.26 Å². The number of benzene rings is 1. The lowest BCUT2D eigenvalue weighted by Gasteiger charge is -2.10. The Balaban J connectivity index is 2.62. The molecular formula is C14H13N3O3. The van der Waals surface area contributed by atoms with Gasteiger partial charge in [0.05, 0.1) is 18.4 Å². The van der Waals surface area contributed by atoms with Crippen molar-refractivity contribution < 1.29 is 14.6 Å². The monoisotopic (exact) mass is 271 g/mol. The number of hydrogen-bond acceptors (Lipinski definition) is 4. The van der Waals surface area contributed by atoms with Gasteiger partial charge in [0.15, 0.2) is 5.69 Å². The topological polar surface area (TPSA) is 88.1 Å². The molecule has 0 spiro atoms. The lowest BCUT2D eigenvalue weighted by atomic mass is 10.0. The van der Waals surface area contributed by atoms with Crippen LogP contribution in [0.3, 0.4) is 0 Å². The average Bonchev–Trinajstić information content (AvgIpc) is 2.80. The molecule has 20 heavy (non-hydrogen) atoms. The van der Waals surface area contributed by atoms with Gasteiger partial charge in [-0.3, -0.25) is 4.68 Å². The molecule has 0 saturated carbocycles. The summed E-state index contributed by atoms with van der Waals surface area (Å²) in [5.74, 6) is -0.561. The van der Waals surface area contributed by atoms with Crippen molar-refractivity contribution in [2.24, 2.45) is 7.05 Å². The zero-order valence-corrected chi connectivity index (χ0v) is 11.3. The first-order chi connectivity index (χ1) is 9.47. The van der Waals surface area contributed by atoms with Crippen molar-refractivity contribution in [3.05, 3.63) is 35.0 Å². The van der Waals surface area contributed by atoms with Gasteiger partial charge in [0.1, 0.15) is 11.8 Å². The van der Waals surface area contributed by atoms with Crippen molar-refractivity contribution in [3.63, 3.8) is 0 Å². The van der Waals surface area contributed by atoms with Crippen LogP contribution in [0.4, 0.5) is 0 Å². The van der Waals surface area contributed by atoms with Gasteiger partial charge >= 0.3 is 5.97 Å². The Morgan fingerprint density at radius 2 is 2.15 bits per heavy atom. The van der Waals surface area contributed by atoms with Gasteiger partial charge < -0.3 is 9.84 Å². The Labute approximate surface area is 115 Å². The molecule has 1 N–H and O–H groups in total. The van der Waals surface area contributed by atoms with E-state index in [0.717, 1.165) is 11.1 Å². The third-order valence-corrected chi connectivity index (χ3v) is 2.99. The van der Waals surface area contributed by atoms with E-state index in [1.165, 1.54) is 17.9 Å². The highest BCUT2D eigenvalue weighted by Gasteiger charge is 2.15. The molecule has 0 atom stereocenters. The minimum Gasteiger partial charge on any atom is -0.495 e. The molecule has 1 aromatic carbocycles. The van der Waals surface area contributed by atoms with E-state index in [-0.39, 0.29) is 5.69 Å². The molecule has 1 heterocycles. The van der Waals surface area contributed by atoms with Crippen LogP contribution in [0.1, 0.15) is 21.6 Å². The maximum atomic E-state index is 10.9. The third-order valence-electron chi connectivity index (χ3n) is 2.99. The Bertz CT molecular complexity index is 726. The summed E-state index contributed by atoms with van der Waals surface area (Å²) in [5.41, 5.74) is 2.53. The Morgan fingerprint density at radius 1 is 1.45 bits per heavy atom. The molecule has 0 aliphatic heterocycles. The zero-order chi connectivity index (χ0) is 14.9. The van der Waals surface area contributed by atoms with Crippen LogP contribution in [0, 0.1) is 18.3 Å². The quantitative estimate of drug-likeness (QED) is 0.922. The maximum absolute atomic E-state index is 10.9. The summed E-state index contributed by atoms with van der Waals surface area (Å²) in [5, 5.41) is 22.0. The number of nitrogens with zero attached hydrogens (tertiary/aromatic N) is 3. The van der Waals surface area contributed by atoms with Crippen LogP contribution in [0.15, 0.2) is 18.2 Å². The fraction of sp³-hybridized carbons (Fsp3) is 0.214. The molecule has 1 aromatic heterocycles. The minimum absolute atomic E-state index is 0.0329. The molecule has 0 aliphatic carbocycles. The molecule has 0 unspecified atom stereocenters. The number of carbonyl (C=O) groups is 1. The number of methoxy groups -OCH3 is 1. The van der Waals surface area contributed by atoms with E-state index in [1.54, 1.807) is 13.1 Å². The number of carboxylic acids is 1. The zero-order valence-electron chi connectivity index (χ0n) is 11.3. The predicted octanol–water partition coefficient (Wildman–Crippen LogP) is 1.97. The minimum atomic E-state index is -1.09. The molecular weight excluding hydrogens is 258 g/mol. The van der Waals surface area contributed by atoms with Gasteiger partial charge in [0.25, 0.3) is 0 Å². The second-order valence-corrected chi connectivity index (χ2v) is 4.33. The fourth-order valence-corrected chi connectivity index (χ4v) is 2.12. The molecule has 2 rings (SSSR count). The molecule has 2 aromatic rings. The number of rotatable bonds is 3. The van der Waals surface area contributed by atoms with Gasteiger partial charge in [0, 0.05) is 12.6 Å². The number of aromatic carboxylic acids is 1. The molecule has 0 aliphatic rings. The summed E-state index contributed by atoms with van der Waals surface area (Å²) >= 11 is 0. The highest BCUT2D eigenvalue weighted by molar-refractivity contribution is 5.87. The van der Waals surface area contributed by atoms with Crippen LogP contribution < -0.4 is 4.74 Å². The number of carboxylic acid groups (broad SMARTS) is 1. The molecule has 102 valence electrons. The number of ether oxygens (including phenoxy) is 1. The van der Waals surface area contributed by atoms with Gasteiger partial charge in [-0.15, -0.1) is 0 Å².